The van der Waals surface area contributed by atoms with Crippen molar-refractivity contribution in [2.75, 3.05) is 7.11 Å². The van der Waals surface area contributed by atoms with Crippen LogP contribution in [0.4, 0.5) is 4.79 Å². The predicted molar refractivity (Wildman–Crippen MR) is 101 cm³/mol. The van der Waals surface area contributed by atoms with E-state index in [0.717, 1.165) is 11.1 Å². The molecule has 8 heteroatoms. The van der Waals surface area contributed by atoms with Gasteiger partial charge in [-0.3, -0.25) is 4.79 Å². The molecule has 1 aromatic rings. The molecule has 2 unspecified atom stereocenters. The van der Waals surface area contributed by atoms with Gasteiger partial charge in [-0.2, -0.15) is 0 Å². The Labute approximate surface area is 164 Å². The fraction of sp³-hybridized carbons (Fsp3) is 0.550. The van der Waals surface area contributed by atoms with Gasteiger partial charge in [0.25, 0.3) is 0 Å². The molecule has 3 atom stereocenters. The average Bonchev–Trinajstić information content (AvgIpc) is 2.62. The molecule has 0 spiro atoms. The first kappa shape index (κ1) is 21.7. The van der Waals surface area contributed by atoms with Gasteiger partial charge in [0, 0.05) is 13.0 Å². The molecule has 154 valence electrons. The first-order chi connectivity index (χ1) is 13.0. The number of nitrogens with one attached hydrogen (secondary N) is 1. The molecule has 1 heterocycles. The second-order valence-electron chi connectivity index (χ2n) is 7.84. The fourth-order valence-electron chi connectivity index (χ4n) is 3.10. The van der Waals surface area contributed by atoms with Crippen molar-refractivity contribution < 1.29 is 29.0 Å². The first-order valence-electron chi connectivity index (χ1n) is 9.16. The van der Waals surface area contributed by atoms with Crippen LogP contribution >= 0.6 is 0 Å². The van der Waals surface area contributed by atoms with Crippen LogP contribution in [0.15, 0.2) is 24.3 Å². The zero-order valence-electron chi connectivity index (χ0n) is 16.9. The van der Waals surface area contributed by atoms with Crippen molar-refractivity contribution in [1.29, 1.82) is 0 Å². The maximum atomic E-state index is 13.2. The maximum Gasteiger partial charge on any atom is 0.408 e. The summed E-state index contributed by atoms with van der Waals surface area (Å²) in [6.07, 6.45) is -1.71. The first-order valence-corrected chi connectivity index (χ1v) is 9.16. The van der Waals surface area contributed by atoms with Gasteiger partial charge in [0.05, 0.1) is 13.2 Å². The second-order valence-corrected chi connectivity index (χ2v) is 7.84. The molecular formula is C20H28N2O6. The molecule has 0 saturated heterocycles. The minimum absolute atomic E-state index is 0.175. The Balaban J connectivity index is 2.28. The lowest BCUT2D eigenvalue weighted by atomic mass is 9.93. The molecule has 0 aliphatic carbocycles. The number of methoxy groups -OCH3 is 1. The summed E-state index contributed by atoms with van der Waals surface area (Å²) in [4.78, 5) is 38.9. The number of alkyl carbamates (subject to hydrolysis) is 1. The Kier molecular flexibility index (Phi) is 6.66. The molecule has 8 nitrogen and oxygen atoms in total. The summed E-state index contributed by atoms with van der Waals surface area (Å²) in [5, 5.41) is 12.5. The van der Waals surface area contributed by atoms with Crippen LogP contribution in [0.2, 0.25) is 0 Å². The van der Waals surface area contributed by atoms with Gasteiger partial charge >= 0.3 is 12.1 Å². The smallest absolute Gasteiger partial charge is 0.408 e. The van der Waals surface area contributed by atoms with Crippen molar-refractivity contribution in [3.8, 4) is 0 Å². The van der Waals surface area contributed by atoms with E-state index in [-0.39, 0.29) is 6.54 Å². The molecule has 0 radical (unpaired) electrons. The van der Waals surface area contributed by atoms with Gasteiger partial charge in [-0.25, -0.2) is 9.59 Å². The number of ether oxygens (including phenoxy) is 2. The molecule has 0 bridgehead atoms. The minimum Gasteiger partial charge on any atom is -0.467 e. The fourth-order valence-corrected chi connectivity index (χ4v) is 3.10. The van der Waals surface area contributed by atoms with Crippen molar-refractivity contribution in [2.24, 2.45) is 0 Å². The molecule has 0 aromatic heterocycles. The van der Waals surface area contributed by atoms with Crippen molar-refractivity contribution in [3.63, 3.8) is 0 Å². The number of amides is 2. The molecule has 2 amide bonds. The van der Waals surface area contributed by atoms with Crippen LogP contribution in [0.3, 0.4) is 0 Å². The Morgan fingerprint density at radius 1 is 1.21 bits per heavy atom. The second kappa shape index (κ2) is 8.60. The number of hydrogen-bond acceptors (Lipinski definition) is 6. The Bertz CT molecular complexity index is 740. The van der Waals surface area contributed by atoms with E-state index in [0.29, 0.717) is 6.42 Å². The van der Waals surface area contributed by atoms with E-state index in [1.165, 1.54) is 18.9 Å². The van der Waals surface area contributed by atoms with Gasteiger partial charge < -0.3 is 24.8 Å². The van der Waals surface area contributed by atoms with E-state index in [2.05, 4.69) is 5.32 Å². The Morgan fingerprint density at radius 2 is 1.82 bits per heavy atom. The SMILES string of the molecule is COC(=O)[C@@H]1Cc2ccccc2CN1C(=O)C(NC(=O)OC(C)(C)C)C(C)O. The van der Waals surface area contributed by atoms with Gasteiger partial charge in [-0.05, 0) is 38.8 Å². The van der Waals surface area contributed by atoms with Crippen molar-refractivity contribution in [3.05, 3.63) is 35.4 Å². The number of aliphatic hydroxyl groups excluding tert-OH is 1. The van der Waals surface area contributed by atoms with Crippen LogP contribution in [0.25, 0.3) is 0 Å². The molecule has 0 saturated carbocycles. The average molecular weight is 392 g/mol. The van der Waals surface area contributed by atoms with E-state index in [1.54, 1.807) is 20.8 Å². The van der Waals surface area contributed by atoms with E-state index in [9.17, 15) is 19.5 Å². The summed E-state index contributed by atoms with van der Waals surface area (Å²) in [7, 11) is 1.26. The van der Waals surface area contributed by atoms with Crippen molar-refractivity contribution in [1.82, 2.24) is 10.2 Å². The van der Waals surface area contributed by atoms with Crippen LogP contribution in [0, 0.1) is 0 Å². The largest absolute Gasteiger partial charge is 0.467 e. The summed E-state index contributed by atoms with van der Waals surface area (Å²) in [5.74, 6) is -1.13. The third-order valence-electron chi connectivity index (χ3n) is 4.43. The molecule has 28 heavy (non-hydrogen) atoms. The van der Waals surface area contributed by atoms with Gasteiger partial charge in [-0.15, -0.1) is 0 Å². The van der Waals surface area contributed by atoms with E-state index in [4.69, 9.17) is 9.47 Å². The number of aliphatic hydroxyl groups is 1. The number of nitrogens with zero attached hydrogens (tertiary/aromatic N) is 1. The van der Waals surface area contributed by atoms with E-state index >= 15 is 0 Å². The number of hydrogen-bond donors (Lipinski definition) is 2. The third kappa shape index (κ3) is 5.22. The van der Waals surface area contributed by atoms with Crippen molar-refractivity contribution in [2.45, 2.75) is 64.4 Å². The van der Waals surface area contributed by atoms with Gasteiger partial charge in [-0.1, -0.05) is 24.3 Å². The summed E-state index contributed by atoms with van der Waals surface area (Å²) >= 11 is 0. The van der Waals surface area contributed by atoms with Gasteiger partial charge in [0.1, 0.15) is 17.7 Å². The topological polar surface area (TPSA) is 105 Å². The van der Waals surface area contributed by atoms with Crippen LogP contribution in [-0.4, -0.2) is 58.9 Å². The summed E-state index contributed by atoms with van der Waals surface area (Å²) in [6, 6.07) is 5.40. The summed E-state index contributed by atoms with van der Waals surface area (Å²) in [6.45, 7) is 6.65. The molecule has 1 aliphatic rings. The van der Waals surface area contributed by atoms with Crippen LogP contribution < -0.4 is 5.32 Å². The number of rotatable bonds is 4. The van der Waals surface area contributed by atoms with Crippen molar-refractivity contribution >= 4 is 18.0 Å². The molecule has 2 N–H and O–H groups in total. The highest BCUT2D eigenvalue weighted by Crippen LogP contribution is 2.25. The summed E-state index contributed by atoms with van der Waals surface area (Å²) in [5.41, 5.74) is 1.10. The predicted octanol–water partition coefficient (Wildman–Crippen LogP) is 1.39. The number of carbonyl (C=O) groups excluding carboxylic acids is 3. The lowest BCUT2D eigenvalue weighted by molar-refractivity contribution is -0.155. The lowest BCUT2D eigenvalue weighted by Gasteiger charge is -2.37. The van der Waals surface area contributed by atoms with Crippen LogP contribution in [0.1, 0.15) is 38.8 Å². The molecule has 1 aliphatic heterocycles. The van der Waals surface area contributed by atoms with Crippen LogP contribution in [0.5, 0.6) is 0 Å². The van der Waals surface area contributed by atoms with E-state index < -0.39 is 41.8 Å². The lowest BCUT2D eigenvalue weighted by Crippen LogP contribution is -2.59. The van der Waals surface area contributed by atoms with Crippen LogP contribution in [-0.2, 0) is 32.0 Å². The number of benzene rings is 1. The normalized spacial score (nSPS) is 18.5. The van der Waals surface area contributed by atoms with Gasteiger partial charge in [0.15, 0.2) is 0 Å². The highest BCUT2D eigenvalue weighted by molar-refractivity contribution is 5.90. The standard InChI is InChI=1S/C20H28N2O6/c1-12(23)16(21-19(26)28-20(2,3)4)17(24)22-11-14-9-7-6-8-13(14)10-15(22)18(25)27-5/h6-9,12,15-16,23H,10-11H2,1-5H3,(H,21,26)/t12?,15-,16?/m0/s1. The highest BCUT2D eigenvalue weighted by atomic mass is 16.6. The van der Waals surface area contributed by atoms with Gasteiger partial charge in [0.2, 0.25) is 5.91 Å². The summed E-state index contributed by atoms with van der Waals surface area (Å²) < 4.78 is 10.0. The molecule has 1 aromatic carbocycles. The Hall–Kier alpha value is -2.61. The van der Waals surface area contributed by atoms with E-state index in [1.807, 2.05) is 24.3 Å². The number of fused-ring (bicyclic) bond motifs is 1. The quantitative estimate of drug-likeness (QED) is 0.750. The minimum atomic E-state index is -1.26. The maximum absolute atomic E-state index is 13.2. The molecule has 2 rings (SSSR count). The highest BCUT2D eigenvalue weighted by Gasteiger charge is 2.40. The zero-order chi connectivity index (χ0) is 21.1. The zero-order valence-corrected chi connectivity index (χ0v) is 16.9. The molecule has 0 fully saturated rings. The monoisotopic (exact) mass is 392 g/mol. The number of esters is 1. The molecular weight excluding hydrogens is 364 g/mol. The Morgan fingerprint density at radius 3 is 2.36 bits per heavy atom. The number of carbonyl (C=O) groups is 3. The third-order valence-corrected chi connectivity index (χ3v) is 4.43.